The van der Waals surface area contributed by atoms with Crippen LogP contribution in [0.15, 0.2) is 60.7 Å². The van der Waals surface area contributed by atoms with Crippen LogP contribution < -0.4 is 5.32 Å². The fourth-order valence-electron chi connectivity index (χ4n) is 4.00. The Morgan fingerprint density at radius 2 is 1.69 bits per heavy atom. The molecule has 1 aliphatic rings. The van der Waals surface area contributed by atoms with E-state index in [-0.39, 0.29) is 23.8 Å². The van der Waals surface area contributed by atoms with Crippen LogP contribution in [0, 0.1) is 0 Å². The second-order valence-electron chi connectivity index (χ2n) is 8.06. The van der Waals surface area contributed by atoms with E-state index in [1.807, 2.05) is 64.4 Å². The molecule has 3 amide bonds. The molecule has 0 aliphatic carbocycles. The smallest absolute Gasteiger partial charge is 0.253 e. The SMILES string of the molecule is CCCN(C(=O)/C=C/c1ccc(NC(C)=O)cc1)C1CCN(C(=O)c2ccccc2)CC1. The number of hydrogen-bond donors (Lipinski definition) is 1. The Morgan fingerprint density at radius 3 is 2.28 bits per heavy atom. The molecular formula is C26H31N3O3. The highest BCUT2D eigenvalue weighted by molar-refractivity contribution is 5.94. The lowest BCUT2D eigenvalue weighted by atomic mass is 10.0. The third-order valence-electron chi connectivity index (χ3n) is 5.61. The number of hydrogen-bond acceptors (Lipinski definition) is 3. The van der Waals surface area contributed by atoms with E-state index in [9.17, 15) is 14.4 Å². The summed E-state index contributed by atoms with van der Waals surface area (Å²) in [6.45, 7) is 5.54. The zero-order chi connectivity index (χ0) is 22.9. The highest BCUT2D eigenvalue weighted by atomic mass is 16.2. The fraction of sp³-hybridized carbons (Fsp3) is 0.346. The first-order chi connectivity index (χ1) is 15.5. The van der Waals surface area contributed by atoms with Gasteiger partial charge in [0, 0.05) is 49.9 Å². The third-order valence-corrected chi connectivity index (χ3v) is 5.61. The van der Waals surface area contributed by atoms with Gasteiger partial charge >= 0.3 is 0 Å². The molecule has 1 fully saturated rings. The maximum absolute atomic E-state index is 13.0. The number of likely N-dealkylation sites (tertiary alicyclic amines) is 1. The number of nitrogens with zero attached hydrogens (tertiary/aromatic N) is 2. The van der Waals surface area contributed by atoms with Gasteiger partial charge in [-0.15, -0.1) is 0 Å². The monoisotopic (exact) mass is 433 g/mol. The molecule has 0 aromatic heterocycles. The lowest BCUT2D eigenvalue weighted by molar-refractivity contribution is -0.129. The predicted octanol–water partition coefficient (Wildman–Crippen LogP) is 4.20. The Hall–Kier alpha value is -3.41. The maximum Gasteiger partial charge on any atom is 0.253 e. The standard InChI is InChI=1S/C26H31N3O3/c1-3-17-29(25(31)14-11-21-9-12-23(13-10-21)27-20(2)30)24-15-18-28(19-16-24)26(32)22-7-5-4-6-8-22/h4-14,24H,3,15-19H2,1-2H3,(H,27,30)/b14-11+. The van der Waals surface area contributed by atoms with Crippen molar-refractivity contribution in [2.75, 3.05) is 25.0 Å². The van der Waals surface area contributed by atoms with Crippen molar-refractivity contribution in [3.8, 4) is 0 Å². The molecule has 0 radical (unpaired) electrons. The zero-order valence-corrected chi connectivity index (χ0v) is 18.8. The molecule has 1 heterocycles. The summed E-state index contributed by atoms with van der Waals surface area (Å²) < 4.78 is 0. The van der Waals surface area contributed by atoms with Gasteiger partial charge in [0.2, 0.25) is 11.8 Å². The zero-order valence-electron chi connectivity index (χ0n) is 18.8. The molecule has 0 spiro atoms. The van der Waals surface area contributed by atoms with E-state index in [1.165, 1.54) is 6.92 Å². The van der Waals surface area contributed by atoms with Gasteiger partial charge in [-0.05, 0) is 55.2 Å². The van der Waals surface area contributed by atoms with Gasteiger partial charge in [-0.1, -0.05) is 37.3 Å². The summed E-state index contributed by atoms with van der Waals surface area (Å²) in [6, 6.07) is 16.8. The number of piperidine rings is 1. The Morgan fingerprint density at radius 1 is 1.03 bits per heavy atom. The van der Waals surface area contributed by atoms with Gasteiger partial charge in [0.25, 0.3) is 5.91 Å². The van der Waals surface area contributed by atoms with Crippen molar-refractivity contribution in [1.29, 1.82) is 0 Å². The number of rotatable bonds is 7. The van der Waals surface area contributed by atoms with Crippen molar-refractivity contribution in [1.82, 2.24) is 9.80 Å². The molecule has 6 heteroatoms. The first kappa shape index (κ1) is 23.3. The van der Waals surface area contributed by atoms with Crippen LogP contribution in [-0.4, -0.2) is 53.2 Å². The van der Waals surface area contributed by atoms with Gasteiger partial charge < -0.3 is 15.1 Å². The summed E-state index contributed by atoms with van der Waals surface area (Å²) in [5.74, 6) is -0.0687. The quantitative estimate of drug-likeness (QED) is 0.666. The van der Waals surface area contributed by atoms with Crippen molar-refractivity contribution in [3.63, 3.8) is 0 Å². The van der Waals surface area contributed by atoms with Crippen LogP contribution in [0.3, 0.4) is 0 Å². The Bertz CT molecular complexity index is 946. The van der Waals surface area contributed by atoms with E-state index in [0.717, 1.165) is 30.5 Å². The van der Waals surface area contributed by atoms with Crippen LogP contribution in [-0.2, 0) is 9.59 Å². The number of amides is 3. The van der Waals surface area contributed by atoms with E-state index in [1.54, 1.807) is 12.2 Å². The molecule has 2 aromatic rings. The van der Waals surface area contributed by atoms with Gasteiger partial charge in [-0.25, -0.2) is 0 Å². The van der Waals surface area contributed by atoms with Crippen molar-refractivity contribution >= 4 is 29.5 Å². The van der Waals surface area contributed by atoms with Crippen LogP contribution in [0.5, 0.6) is 0 Å². The Labute approximate surface area is 189 Å². The molecule has 0 atom stereocenters. The third kappa shape index (κ3) is 6.30. The molecule has 0 bridgehead atoms. The maximum atomic E-state index is 13.0. The molecule has 1 saturated heterocycles. The summed E-state index contributed by atoms with van der Waals surface area (Å²) in [5.41, 5.74) is 2.33. The molecule has 3 rings (SSSR count). The fourth-order valence-corrected chi connectivity index (χ4v) is 4.00. The number of carbonyl (C=O) groups is 3. The molecule has 0 saturated carbocycles. The molecule has 32 heavy (non-hydrogen) atoms. The molecule has 2 aromatic carbocycles. The van der Waals surface area contributed by atoms with Crippen molar-refractivity contribution in [2.45, 2.75) is 39.2 Å². The van der Waals surface area contributed by atoms with Crippen LogP contribution >= 0.6 is 0 Å². The first-order valence-corrected chi connectivity index (χ1v) is 11.2. The minimum atomic E-state index is -0.116. The number of anilines is 1. The van der Waals surface area contributed by atoms with Crippen LogP contribution in [0.1, 0.15) is 49.0 Å². The molecule has 0 unspecified atom stereocenters. The van der Waals surface area contributed by atoms with E-state index in [0.29, 0.717) is 25.2 Å². The van der Waals surface area contributed by atoms with Gasteiger partial charge in [0.15, 0.2) is 0 Å². The highest BCUT2D eigenvalue weighted by Crippen LogP contribution is 2.20. The summed E-state index contributed by atoms with van der Waals surface area (Å²) in [7, 11) is 0. The van der Waals surface area contributed by atoms with Gasteiger partial charge in [0.05, 0.1) is 0 Å². The second kappa shape index (κ2) is 11.3. The van der Waals surface area contributed by atoms with Gasteiger partial charge in [0.1, 0.15) is 0 Å². The largest absolute Gasteiger partial charge is 0.338 e. The predicted molar refractivity (Wildman–Crippen MR) is 127 cm³/mol. The molecule has 1 N–H and O–H groups in total. The van der Waals surface area contributed by atoms with E-state index >= 15 is 0 Å². The van der Waals surface area contributed by atoms with Crippen molar-refractivity contribution < 1.29 is 14.4 Å². The van der Waals surface area contributed by atoms with Crippen LogP contribution in [0.25, 0.3) is 6.08 Å². The first-order valence-electron chi connectivity index (χ1n) is 11.2. The molecule has 6 nitrogen and oxygen atoms in total. The second-order valence-corrected chi connectivity index (χ2v) is 8.06. The normalized spacial score (nSPS) is 14.4. The van der Waals surface area contributed by atoms with E-state index in [4.69, 9.17) is 0 Å². The van der Waals surface area contributed by atoms with E-state index < -0.39 is 0 Å². The minimum Gasteiger partial charge on any atom is -0.338 e. The van der Waals surface area contributed by atoms with Gasteiger partial charge in [-0.2, -0.15) is 0 Å². The van der Waals surface area contributed by atoms with Crippen molar-refractivity contribution in [3.05, 3.63) is 71.8 Å². The number of nitrogens with one attached hydrogen (secondary N) is 1. The summed E-state index contributed by atoms with van der Waals surface area (Å²) in [4.78, 5) is 40.6. The van der Waals surface area contributed by atoms with Crippen LogP contribution in [0.2, 0.25) is 0 Å². The lowest BCUT2D eigenvalue weighted by Gasteiger charge is -2.38. The Kier molecular flexibility index (Phi) is 8.20. The number of carbonyl (C=O) groups excluding carboxylic acids is 3. The minimum absolute atomic E-state index is 0.00868. The highest BCUT2D eigenvalue weighted by Gasteiger charge is 2.28. The number of benzene rings is 2. The summed E-state index contributed by atoms with van der Waals surface area (Å²) >= 11 is 0. The van der Waals surface area contributed by atoms with Crippen molar-refractivity contribution in [2.24, 2.45) is 0 Å². The molecule has 168 valence electrons. The summed E-state index contributed by atoms with van der Waals surface area (Å²) in [6.07, 6.45) is 5.86. The average Bonchev–Trinajstić information content (AvgIpc) is 2.82. The molecule has 1 aliphatic heterocycles. The van der Waals surface area contributed by atoms with E-state index in [2.05, 4.69) is 12.2 Å². The summed E-state index contributed by atoms with van der Waals surface area (Å²) in [5, 5.41) is 2.73. The Balaban J connectivity index is 1.59. The molecular weight excluding hydrogens is 402 g/mol. The topological polar surface area (TPSA) is 69.7 Å². The lowest BCUT2D eigenvalue weighted by Crippen LogP contribution is -2.48. The van der Waals surface area contributed by atoms with Gasteiger partial charge in [-0.3, -0.25) is 14.4 Å². The van der Waals surface area contributed by atoms with Crippen LogP contribution in [0.4, 0.5) is 5.69 Å². The average molecular weight is 434 g/mol.